The molecule has 2 rings (SSSR count). The highest BCUT2D eigenvalue weighted by Gasteiger charge is 2.12. The number of methoxy groups -OCH3 is 2. The fraction of sp³-hybridized carbons (Fsp3) is 0.133. The van der Waals surface area contributed by atoms with Crippen molar-refractivity contribution in [1.29, 1.82) is 0 Å². The smallest absolute Gasteiger partial charge is 0.259 e. The second kappa shape index (κ2) is 5.97. The van der Waals surface area contributed by atoms with Crippen molar-refractivity contribution in [3.05, 3.63) is 48.0 Å². The summed E-state index contributed by atoms with van der Waals surface area (Å²) in [4.78, 5) is 12.0. The Morgan fingerprint density at radius 1 is 1.00 bits per heavy atom. The van der Waals surface area contributed by atoms with Crippen molar-refractivity contribution >= 4 is 11.6 Å². The number of carbonyl (C=O) groups excluding carboxylic acids is 1. The van der Waals surface area contributed by atoms with Gasteiger partial charge in [0.2, 0.25) is 0 Å². The molecule has 0 aliphatic heterocycles. The number of benzene rings is 2. The molecule has 5 nitrogen and oxygen atoms in total. The molecule has 0 fully saturated rings. The molecule has 20 heavy (non-hydrogen) atoms. The summed E-state index contributed by atoms with van der Waals surface area (Å²) in [5.74, 6) is 0.671. The van der Waals surface area contributed by atoms with Crippen molar-refractivity contribution < 1.29 is 19.4 Å². The van der Waals surface area contributed by atoms with E-state index in [1.54, 1.807) is 37.4 Å². The molecule has 2 N–H and O–H groups in total. The first kappa shape index (κ1) is 13.7. The summed E-state index contributed by atoms with van der Waals surface area (Å²) in [6, 6.07) is 11.4. The van der Waals surface area contributed by atoms with Crippen molar-refractivity contribution in [3.8, 4) is 17.2 Å². The van der Waals surface area contributed by atoms with Crippen molar-refractivity contribution in [1.82, 2.24) is 0 Å². The topological polar surface area (TPSA) is 67.8 Å². The fourth-order valence-electron chi connectivity index (χ4n) is 1.70. The highest BCUT2D eigenvalue weighted by atomic mass is 16.5. The minimum absolute atomic E-state index is 0.129. The number of aromatic hydroxyl groups is 1. The Kier molecular flexibility index (Phi) is 4.10. The highest BCUT2D eigenvalue weighted by Crippen LogP contribution is 2.24. The Hall–Kier alpha value is -2.69. The van der Waals surface area contributed by atoms with E-state index in [0.717, 1.165) is 0 Å². The molecule has 0 atom stereocenters. The van der Waals surface area contributed by atoms with Crippen molar-refractivity contribution in [3.63, 3.8) is 0 Å². The van der Waals surface area contributed by atoms with Gasteiger partial charge in [0.1, 0.15) is 17.2 Å². The Morgan fingerprint density at radius 3 is 2.15 bits per heavy atom. The van der Waals surface area contributed by atoms with Gasteiger partial charge in [-0.05, 0) is 36.4 Å². The number of anilines is 1. The van der Waals surface area contributed by atoms with Crippen LogP contribution in [0.5, 0.6) is 17.2 Å². The van der Waals surface area contributed by atoms with E-state index in [2.05, 4.69) is 5.32 Å². The molecule has 5 heteroatoms. The minimum Gasteiger partial charge on any atom is -0.507 e. The number of rotatable bonds is 4. The van der Waals surface area contributed by atoms with E-state index in [4.69, 9.17) is 9.47 Å². The maximum absolute atomic E-state index is 12.0. The molecule has 1 amide bonds. The van der Waals surface area contributed by atoms with Crippen molar-refractivity contribution in [2.45, 2.75) is 0 Å². The first-order valence-electron chi connectivity index (χ1n) is 5.96. The van der Waals surface area contributed by atoms with Crippen LogP contribution in [0.4, 0.5) is 5.69 Å². The first-order chi connectivity index (χ1) is 9.63. The Bertz CT molecular complexity index is 608. The van der Waals surface area contributed by atoms with E-state index in [-0.39, 0.29) is 11.3 Å². The van der Waals surface area contributed by atoms with E-state index < -0.39 is 5.91 Å². The summed E-state index contributed by atoms with van der Waals surface area (Å²) >= 11 is 0. The molecule has 0 aliphatic carbocycles. The predicted molar refractivity (Wildman–Crippen MR) is 75.6 cm³/mol. The van der Waals surface area contributed by atoms with Crippen molar-refractivity contribution in [2.24, 2.45) is 0 Å². The molecule has 0 spiro atoms. The van der Waals surface area contributed by atoms with E-state index in [1.165, 1.54) is 19.2 Å². The number of carbonyl (C=O) groups is 1. The van der Waals surface area contributed by atoms with Crippen LogP contribution < -0.4 is 14.8 Å². The predicted octanol–water partition coefficient (Wildman–Crippen LogP) is 2.66. The van der Waals surface area contributed by atoms with Crippen LogP contribution in [-0.4, -0.2) is 25.2 Å². The normalized spacial score (nSPS) is 9.90. The second-order valence-corrected chi connectivity index (χ2v) is 4.07. The van der Waals surface area contributed by atoms with Gasteiger partial charge in [-0.25, -0.2) is 0 Å². The molecule has 104 valence electrons. The summed E-state index contributed by atoms with van der Waals surface area (Å²) in [5.41, 5.74) is 0.799. The lowest BCUT2D eigenvalue weighted by Crippen LogP contribution is -2.12. The number of ether oxygens (including phenoxy) is 2. The number of hydrogen-bond acceptors (Lipinski definition) is 4. The number of phenols is 1. The van der Waals surface area contributed by atoms with Crippen molar-refractivity contribution in [2.75, 3.05) is 19.5 Å². The van der Waals surface area contributed by atoms with E-state index >= 15 is 0 Å². The Morgan fingerprint density at radius 2 is 1.60 bits per heavy atom. The molecule has 0 aromatic heterocycles. The van der Waals surface area contributed by atoms with Gasteiger partial charge >= 0.3 is 0 Å². The molecule has 2 aromatic rings. The molecule has 0 heterocycles. The zero-order valence-corrected chi connectivity index (χ0v) is 11.2. The standard InChI is InChI=1S/C15H15NO4/c1-19-11-5-3-10(4-6-11)16-15(18)13-8-7-12(20-2)9-14(13)17/h3-9,17H,1-2H3,(H,16,18). The SMILES string of the molecule is COc1ccc(NC(=O)c2ccc(OC)cc2O)cc1. The lowest BCUT2D eigenvalue weighted by atomic mass is 10.1. The number of hydrogen-bond donors (Lipinski definition) is 2. The average molecular weight is 273 g/mol. The largest absolute Gasteiger partial charge is 0.507 e. The third kappa shape index (κ3) is 3.00. The molecular formula is C15H15NO4. The monoisotopic (exact) mass is 273 g/mol. The first-order valence-corrected chi connectivity index (χ1v) is 5.96. The third-order valence-electron chi connectivity index (χ3n) is 2.80. The molecule has 0 aliphatic rings. The molecule has 0 saturated heterocycles. The van der Waals surface area contributed by atoms with Crippen LogP contribution in [0.3, 0.4) is 0 Å². The molecule has 0 saturated carbocycles. The molecule has 2 aromatic carbocycles. The van der Waals surface area contributed by atoms with E-state index in [9.17, 15) is 9.90 Å². The van der Waals surface area contributed by atoms with E-state index in [0.29, 0.717) is 17.2 Å². The van der Waals surface area contributed by atoms with Crippen LogP contribution >= 0.6 is 0 Å². The van der Waals surface area contributed by atoms with Crippen LogP contribution in [0.25, 0.3) is 0 Å². The fourth-order valence-corrected chi connectivity index (χ4v) is 1.70. The molecule has 0 bridgehead atoms. The quantitative estimate of drug-likeness (QED) is 0.898. The van der Waals surface area contributed by atoms with Crippen LogP contribution in [0.2, 0.25) is 0 Å². The zero-order valence-electron chi connectivity index (χ0n) is 11.2. The summed E-state index contributed by atoms with van der Waals surface area (Å²) in [6.45, 7) is 0. The molecular weight excluding hydrogens is 258 g/mol. The van der Waals surface area contributed by atoms with Gasteiger partial charge in [0.25, 0.3) is 5.91 Å². The van der Waals surface area contributed by atoms with Gasteiger partial charge in [-0.15, -0.1) is 0 Å². The van der Waals surface area contributed by atoms with Gasteiger partial charge in [0.15, 0.2) is 0 Å². The summed E-state index contributed by atoms with van der Waals surface area (Å²) in [5, 5.41) is 12.5. The maximum Gasteiger partial charge on any atom is 0.259 e. The van der Waals surface area contributed by atoms with E-state index in [1.807, 2.05) is 0 Å². The maximum atomic E-state index is 12.0. The van der Waals surface area contributed by atoms with Gasteiger partial charge in [0.05, 0.1) is 19.8 Å². The average Bonchev–Trinajstić information content (AvgIpc) is 2.47. The summed E-state index contributed by atoms with van der Waals surface area (Å²) in [7, 11) is 3.06. The Balaban J connectivity index is 2.14. The van der Waals surface area contributed by atoms with Crippen LogP contribution in [0.15, 0.2) is 42.5 Å². The highest BCUT2D eigenvalue weighted by molar-refractivity contribution is 6.06. The van der Waals surface area contributed by atoms with Gasteiger partial charge in [-0.3, -0.25) is 4.79 Å². The number of phenolic OH excluding ortho intramolecular Hbond substituents is 1. The van der Waals surface area contributed by atoms with Crippen LogP contribution in [0.1, 0.15) is 10.4 Å². The van der Waals surface area contributed by atoms with Gasteiger partial charge in [-0.2, -0.15) is 0 Å². The number of nitrogens with one attached hydrogen (secondary N) is 1. The van der Waals surface area contributed by atoms with Crippen LogP contribution in [0, 0.1) is 0 Å². The summed E-state index contributed by atoms with van der Waals surface area (Å²) in [6.07, 6.45) is 0. The lowest BCUT2D eigenvalue weighted by molar-refractivity contribution is 0.102. The Labute approximate surface area is 116 Å². The van der Waals surface area contributed by atoms with Gasteiger partial charge in [0, 0.05) is 11.8 Å². The molecule has 0 radical (unpaired) electrons. The molecule has 0 unspecified atom stereocenters. The lowest BCUT2D eigenvalue weighted by Gasteiger charge is -2.08. The third-order valence-corrected chi connectivity index (χ3v) is 2.80. The van der Waals surface area contributed by atoms with Crippen LogP contribution in [-0.2, 0) is 0 Å². The second-order valence-electron chi connectivity index (χ2n) is 4.07. The minimum atomic E-state index is -0.393. The number of amides is 1. The van der Waals surface area contributed by atoms with Gasteiger partial charge < -0.3 is 19.9 Å². The summed E-state index contributed by atoms with van der Waals surface area (Å²) < 4.78 is 10.0. The zero-order chi connectivity index (χ0) is 14.5. The van der Waals surface area contributed by atoms with Gasteiger partial charge in [-0.1, -0.05) is 0 Å².